The van der Waals surface area contributed by atoms with Crippen LogP contribution in [0.1, 0.15) is 0 Å². The van der Waals surface area contributed by atoms with Crippen LogP contribution < -0.4 is 5.11 Å². The van der Waals surface area contributed by atoms with Crippen molar-refractivity contribution in [3.63, 3.8) is 0 Å². The predicted octanol–water partition coefficient (Wildman–Crippen LogP) is 0.466. The summed E-state index contributed by atoms with van der Waals surface area (Å²) in [5.41, 5.74) is 0. The lowest BCUT2D eigenvalue weighted by Gasteiger charge is -2.00. The first-order valence-corrected chi connectivity index (χ1v) is 2.25. The molecule has 1 aromatic carbocycles. The van der Waals surface area contributed by atoms with Crippen LogP contribution in [0.4, 0.5) is 0 Å². The predicted molar refractivity (Wildman–Crippen MR) is 27.6 cm³/mol. The van der Waals surface area contributed by atoms with E-state index in [1.54, 1.807) is 0 Å². The van der Waals surface area contributed by atoms with E-state index in [-0.39, 0.29) is 11.5 Å². The van der Waals surface area contributed by atoms with Gasteiger partial charge >= 0.3 is 0 Å². The molecular weight excluding hydrogens is 104 g/mol. The normalized spacial score (nSPS) is 9.00. The fraction of sp³-hybridized carbons (Fsp3) is 0. The zero-order chi connectivity index (χ0) is 5.98. The lowest BCUT2D eigenvalue weighted by atomic mass is 10.3. The van der Waals surface area contributed by atoms with Crippen LogP contribution in [-0.4, -0.2) is 5.11 Å². The largest absolute Gasteiger partial charge is 0.872 e. The van der Waals surface area contributed by atoms with Gasteiger partial charge in [-0.25, -0.2) is 0 Å². The molecule has 1 N–H and O–H groups in total. The Morgan fingerprint density at radius 2 is 1.62 bits per heavy atom. The van der Waals surface area contributed by atoms with E-state index >= 15 is 0 Å². The van der Waals surface area contributed by atoms with E-state index in [0.717, 1.165) is 0 Å². The third-order valence-corrected chi connectivity index (χ3v) is 0.837. The second kappa shape index (κ2) is 1.74. The first-order valence-electron chi connectivity index (χ1n) is 2.25. The minimum atomic E-state index is -0.0807. The summed E-state index contributed by atoms with van der Waals surface area (Å²) in [5, 5.41) is 18.9. The summed E-state index contributed by atoms with van der Waals surface area (Å²) in [4.78, 5) is 0. The molecule has 2 heteroatoms. The molecule has 0 heterocycles. The Morgan fingerprint density at radius 1 is 1.12 bits per heavy atom. The van der Waals surface area contributed by atoms with Gasteiger partial charge in [0.2, 0.25) is 0 Å². The summed E-state index contributed by atoms with van der Waals surface area (Å²) in [7, 11) is 0. The van der Waals surface area contributed by atoms with Crippen LogP contribution in [-0.2, 0) is 0 Å². The third-order valence-electron chi connectivity index (χ3n) is 0.837. The van der Waals surface area contributed by atoms with Crippen LogP contribution in [0, 0.1) is 0 Å². The molecule has 1 rings (SSSR count). The Hall–Kier alpha value is -1.18. The highest BCUT2D eigenvalue weighted by Crippen LogP contribution is 2.10. The molecule has 0 atom stereocenters. The van der Waals surface area contributed by atoms with Gasteiger partial charge in [-0.05, 0) is 12.1 Å². The maximum Gasteiger partial charge on any atom is 0.115 e. The summed E-state index contributed by atoms with van der Waals surface area (Å²) in [5.74, 6) is 0.0485. The summed E-state index contributed by atoms with van der Waals surface area (Å²) < 4.78 is 0. The SMILES string of the molecule is [O-]c1ccc(O)cc1. The first kappa shape index (κ1) is 4.97. The second-order valence-electron chi connectivity index (χ2n) is 1.49. The molecule has 42 valence electrons. The number of hydrogen-bond donors (Lipinski definition) is 1. The maximum atomic E-state index is 10.3. The van der Waals surface area contributed by atoms with Crippen molar-refractivity contribution in [1.29, 1.82) is 0 Å². The van der Waals surface area contributed by atoms with Gasteiger partial charge in [-0.15, -0.1) is 5.75 Å². The van der Waals surface area contributed by atoms with E-state index in [1.807, 2.05) is 0 Å². The van der Waals surface area contributed by atoms with Crippen molar-refractivity contribution in [2.45, 2.75) is 0 Å². The van der Waals surface area contributed by atoms with Crippen molar-refractivity contribution < 1.29 is 10.2 Å². The van der Waals surface area contributed by atoms with Crippen molar-refractivity contribution >= 4 is 0 Å². The molecule has 2 nitrogen and oxygen atoms in total. The molecule has 8 heavy (non-hydrogen) atoms. The molecule has 0 aliphatic heterocycles. The molecule has 0 amide bonds. The zero-order valence-corrected chi connectivity index (χ0v) is 4.16. The Morgan fingerprint density at radius 3 is 2.00 bits per heavy atom. The molecule has 0 saturated carbocycles. The number of benzene rings is 1. The average molecular weight is 109 g/mol. The minimum absolute atomic E-state index is 0.0807. The highest BCUT2D eigenvalue weighted by molar-refractivity contribution is 5.27. The molecule has 0 bridgehead atoms. The van der Waals surface area contributed by atoms with Crippen molar-refractivity contribution in [2.24, 2.45) is 0 Å². The standard InChI is InChI=1S/C6H6O2/c7-5-1-2-6(8)4-3-5/h1-4,7-8H/p-1. The summed E-state index contributed by atoms with van der Waals surface area (Å²) in [6.45, 7) is 0. The van der Waals surface area contributed by atoms with Crippen molar-refractivity contribution in [3.8, 4) is 11.5 Å². The molecule has 1 aromatic rings. The Labute approximate surface area is 47.0 Å². The molecule has 0 aliphatic rings. The summed E-state index contributed by atoms with van der Waals surface area (Å²) >= 11 is 0. The fourth-order valence-corrected chi connectivity index (χ4v) is 0.446. The van der Waals surface area contributed by atoms with Gasteiger partial charge in [0.25, 0.3) is 0 Å². The second-order valence-corrected chi connectivity index (χ2v) is 1.49. The van der Waals surface area contributed by atoms with Crippen LogP contribution >= 0.6 is 0 Å². The van der Waals surface area contributed by atoms with Gasteiger partial charge < -0.3 is 10.2 Å². The Balaban J connectivity index is 3.03. The molecule has 0 unspecified atom stereocenters. The Kier molecular flexibility index (Phi) is 1.08. The van der Waals surface area contributed by atoms with E-state index in [0.29, 0.717) is 0 Å². The van der Waals surface area contributed by atoms with Gasteiger partial charge in [-0.3, -0.25) is 0 Å². The van der Waals surface area contributed by atoms with Crippen LogP contribution in [0.2, 0.25) is 0 Å². The molecular formula is C6H5O2-. The number of phenols is 1. The van der Waals surface area contributed by atoms with E-state index in [1.165, 1.54) is 24.3 Å². The number of hydrogen-bond acceptors (Lipinski definition) is 2. The number of aromatic hydroxyl groups is 1. The fourth-order valence-electron chi connectivity index (χ4n) is 0.446. The van der Waals surface area contributed by atoms with E-state index in [2.05, 4.69) is 0 Å². The molecule has 0 radical (unpaired) electrons. The number of phenolic OH excluding ortho intramolecular Hbond substituents is 1. The molecule has 0 spiro atoms. The van der Waals surface area contributed by atoms with Crippen molar-refractivity contribution in [3.05, 3.63) is 24.3 Å². The molecule has 0 aromatic heterocycles. The van der Waals surface area contributed by atoms with Crippen molar-refractivity contribution in [2.75, 3.05) is 0 Å². The van der Waals surface area contributed by atoms with E-state index in [9.17, 15) is 5.11 Å². The van der Waals surface area contributed by atoms with Gasteiger partial charge in [-0.1, -0.05) is 12.1 Å². The topological polar surface area (TPSA) is 43.3 Å². The lowest BCUT2D eigenvalue weighted by molar-refractivity contribution is -0.268. The van der Waals surface area contributed by atoms with Crippen LogP contribution in [0.5, 0.6) is 11.5 Å². The van der Waals surface area contributed by atoms with Gasteiger partial charge in [-0.2, -0.15) is 0 Å². The quantitative estimate of drug-likeness (QED) is 0.526. The molecule has 0 fully saturated rings. The third kappa shape index (κ3) is 0.904. The van der Waals surface area contributed by atoms with E-state index in [4.69, 9.17) is 5.11 Å². The molecule has 0 aliphatic carbocycles. The van der Waals surface area contributed by atoms with Crippen LogP contribution in [0.25, 0.3) is 0 Å². The van der Waals surface area contributed by atoms with E-state index < -0.39 is 0 Å². The smallest absolute Gasteiger partial charge is 0.115 e. The first-order chi connectivity index (χ1) is 3.79. The average Bonchev–Trinajstić information content (AvgIpc) is 1.77. The highest BCUT2D eigenvalue weighted by atomic mass is 16.3. The summed E-state index contributed by atoms with van der Waals surface area (Å²) in [6, 6.07) is 5.36. The lowest BCUT2D eigenvalue weighted by Crippen LogP contribution is -1.85. The van der Waals surface area contributed by atoms with Crippen LogP contribution in [0.3, 0.4) is 0 Å². The molecule has 0 saturated heterocycles. The van der Waals surface area contributed by atoms with Gasteiger partial charge in [0.05, 0.1) is 0 Å². The summed E-state index contributed by atoms with van der Waals surface area (Å²) in [6.07, 6.45) is 0. The number of rotatable bonds is 0. The van der Waals surface area contributed by atoms with Crippen molar-refractivity contribution in [1.82, 2.24) is 0 Å². The van der Waals surface area contributed by atoms with Crippen LogP contribution in [0.15, 0.2) is 24.3 Å². The highest BCUT2D eigenvalue weighted by Gasteiger charge is 1.78. The maximum absolute atomic E-state index is 10.3. The zero-order valence-electron chi connectivity index (χ0n) is 4.16. The van der Waals surface area contributed by atoms with Gasteiger partial charge in [0.15, 0.2) is 0 Å². The monoisotopic (exact) mass is 109 g/mol. The minimum Gasteiger partial charge on any atom is -0.872 e. The Bertz CT molecular complexity index is 145. The van der Waals surface area contributed by atoms with Gasteiger partial charge in [0.1, 0.15) is 5.75 Å². The van der Waals surface area contributed by atoms with Gasteiger partial charge in [0, 0.05) is 0 Å².